The van der Waals surface area contributed by atoms with E-state index in [-0.39, 0.29) is 30.7 Å². The normalized spacial score (nSPS) is 16.1. The second-order valence-electron chi connectivity index (χ2n) is 8.42. The minimum Gasteiger partial charge on any atom is -0.363 e. The van der Waals surface area contributed by atoms with E-state index in [4.69, 9.17) is 0 Å². The molecule has 1 aliphatic carbocycles. The summed E-state index contributed by atoms with van der Waals surface area (Å²) in [4.78, 5) is 25.0. The molecule has 0 spiro atoms. The highest BCUT2D eigenvalue weighted by molar-refractivity contribution is 5.85. The van der Waals surface area contributed by atoms with E-state index in [2.05, 4.69) is 26.8 Å². The molecule has 1 atom stereocenters. The molecule has 1 unspecified atom stereocenters. The van der Waals surface area contributed by atoms with E-state index in [9.17, 15) is 18.0 Å². The molecule has 0 bridgehead atoms. The summed E-state index contributed by atoms with van der Waals surface area (Å²) in [6.07, 6.45) is 9.50. The maximum absolute atomic E-state index is 13.9. The maximum atomic E-state index is 13.9. The van der Waals surface area contributed by atoms with Crippen molar-refractivity contribution in [1.82, 2.24) is 15.0 Å². The standard InChI is InChI=1S/C27H27F3N4O/c1-4-5-20(12-18(2)3)23-8-6-19(14-24(23)27(28,29)30)13-22(35)16-34-26-9-7-21(15-33-26)25-17-31-10-11-32-25/h4-12,15,17,24H,1,13-14,16H2,2-3H3,(H,33,34)/b20-5+. The molecular formula is C27H27F3N4O. The highest BCUT2D eigenvalue weighted by atomic mass is 19.4. The molecule has 35 heavy (non-hydrogen) atoms. The van der Waals surface area contributed by atoms with Gasteiger partial charge in [0.05, 0.1) is 24.4 Å². The first kappa shape index (κ1) is 25.8. The van der Waals surface area contributed by atoms with Crippen molar-refractivity contribution in [3.05, 3.63) is 96.2 Å². The van der Waals surface area contributed by atoms with Crippen LogP contribution in [0.1, 0.15) is 26.7 Å². The average Bonchev–Trinajstić information content (AvgIpc) is 2.82. The number of nitrogens with one attached hydrogen (secondary N) is 1. The van der Waals surface area contributed by atoms with Gasteiger partial charge in [-0.15, -0.1) is 0 Å². The minimum atomic E-state index is -4.43. The third kappa shape index (κ3) is 7.34. The van der Waals surface area contributed by atoms with Gasteiger partial charge in [0.25, 0.3) is 0 Å². The highest BCUT2D eigenvalue weighted by Crippen LogP contribution is 2.42. The number of hydrogen-bond donors (Lipinski definition) is 1. The third-order valence-electron chi connectivity index (χ3n) is 5.32. The van der Waals surface area contributed by atoms with Crippen LogP contribution in [0, 0.1) is 5.92 Å². The van der Waals surface area contributed by atoms with Crippen LogP contribution in [-0.2, 0) is 4.79 Å². The molecule has 0 aromatic carbocycles. The van der Waals surface area contributed by atoms with Crippen molar-refractivity contribution in [2.45, 2.75) is 32.9 Å². The summed E-state index contributed by atoms with van der Waals surface area (Å²) in [6, 6.07) is 3.51. The van der Waals surface area contributed by atoms with E-state index in [0.717, 1.165) is 11.1 Å². The molecule has 0 amide bonds. The second-order valence-corrected chi connectivity index (χ2v) is 8.42. The molecule has 1 N–H and O–H groups in total. The largest absolute Gasteiger partial charge is 0.396 e. The number of Topliss-reactive ketones (excluding diaryl/α,β-unsaturated/α-hetero) is 1. The predicted molar refractivity (Wildman–Crippen MR) is 131 cm³/mol. The van der Waals surface area contributed by atoms with Gasteiger partial charge < -0.3 is 5.32 Å². The van der Waals surface area contributed by atoms with Gasteiger partial charge in [-0.25, -0.2) is 4.98 Å². The average molecular weight is 481 g/mol. The highest BCUT2D eigenvalue weighted by Gasteiger charge is 2.43. The Kier molecular flexibility index (Phi) is 8.52. The fraction of sp³-hybridized carbons (Fsp3) is 0.259. The van der Waals surface area contributed by atoms with Gasteiger partial charge >= 0.3 is 6.18 Å². The van der Waals surface area contributed by atoms with Crippen LogP contribution in [0.15, 0.2) is 96.2 Å². The van der Waals surface area contributed by atoms with Crippen LogP contribution >= 0.6 is 0 Å². The number of anilines is 1. The first-order valence-corrected chi connectivity index (χ1v) is 11.1. The summed E-state index contributed by atoms with van der Waals surface area (Å²) in [6.45, 7) is 7.23. The maximum Gasteiger partial charge on any atom is 0.396 e. The fourth-order valence-corrected chi connectivity index (χ4v) is 3.75. The van der Waals surface area contributed by atoms with Gasteiger partial charge in [-0.3, -0.25) is 14.8 Å². The number of hydrogen-bond acceptors (Lipinski definition) is 5. The Hall–Kier alpha value is -3.81. The molecule has 0 saturated heterocycles. The van der Waals surface area contributed by atoms with Crippen molar-refractivity contribution in [3.8, 4) is 11.3 Å². The summed E-state index contributed by atoms with van der Waals surface area (Å²) in [5.74, 6) is -1.42. The molecule has 0 fully saturated rings. The fourth-order valence-electron chi connectivity index (χ4n) is 3.75. The third-order valence-corrected chi connectivity index (χ3v) is 5.32. The zero-order valence-corrected chi connectivity index (χ0v) is 19.6. The number of halogens is 3. The summed E-state index contributed by atoms with van der Waals surface area (Å²) in [7, 11) is 0. The molecular weight excluding hydrogens is 453 g/mol. The van der Waals surface area contributed by atoms with Crippen LogP contribution in [0.4, 0.5) is 19.0 Å². The van der Waals surface area contributed by atoms with E-state index in [1.165, 1.54) is 12.2 Å². The first-order chi connectivity index (χ1) is 16.7. The topological polar surface area (TPSA) is 67.8 Å². The van der Waals surface area contributed by atoms with E-state index in [0.29, 0.717) is 22.7 Å². The Labute approximate surface area is 202 Å². The van der Waals surface area contributed by atoms with Crippen molar-refractivity contribution in [1.29, 1.82) is 0 Å². The van der Waals surface area contributed by atoms with E-state index in [1.54, 1.807) is 55.1 Å². The molecule has 0 aliphatic heterocycles. The quantitative estimate of drug-likeness (QED) is 0.419. The number of allylic oxidation sites excluding steroid dienone is 9. The Bertz CT molecular complexity index is 1170. The Morgan fingerprint density at radius 2 is 1.97 bits per heavy atom. The van der Waals surface area contributed by atoms with Crippen LogP contribution in [0.3, 0.4) is 0 Å². The SMILES string of the molecule is C=C/C=C(\C=C(C)C)C1=CC=C(CC(=O)CNc2ccc(-c3cnccn3)cn2)CC1C(F)(F)F. The predicted octanol–water partition coefficient (Wildman–Crippen LogP) is 6.42. The number of carbonyl (C=O) groups is 1. The Morgan fingerprint density at radius 3 is 2.57 bits per heavy atom. The van der Waals surface area contributed by atoms with Gasteiger partial charge in [0.1, 0.15) is 5.82 Å². The van der Waals surface area contributed by atoms with Gasteiger partial charge in [0, 0.05) is 30.6 Å². The lowest BCUT2D eigenvalue weighted by molar-refractivity contribution is -0.163. The van der Waals surface area contributed by atoms with Crippen molar-refractivity contribution < 1.29 is 18.0 Å². The zero-order valence-electron chi connectivity index (χ0n) is 19.6. The summed E-state index contributed by atoms with van der Waals surface area (Å²) in [5, 5.41) is 2.93. The van der Waals surface area contributed by atoms with Gasteiger partial charge in [-0.05, 0) is 43.5 Å². The summed E-state index contributed by atoms with van der Waals surface area (Å²) < 4.78 is 41.7. The molecule has 3 rings (SSSR count). The van der Waals surface area contributed by atoms with Crippen molar-refractivity contribution in [2.75, 3.05) is 11.9 Å². The molecule has 0 radical (unpaired) electrons. The lowest BCUT2D eigenvalue weighted by Gasteiger charge is -2.28. The van der Waals surface area contributed by atoms with Crippen molar-refractivity contribution >= 4 is 11.6 Å². The van der Waals surface area contributed by atoms with Crippen molar-refractivity contribution in [3.63, 3.8) is 0 Å². The van der Waals surface area contributed by atoms with Crippen LogP contribution in [0.25, 0.3) is 11.3 Å². The number of ketones is 1. The summed E-state index contributed by atoms with van der Waals surface area (Å²) >= 11 is 0. The Morgan fingerprint density at radius 1 is 1.17 bits per heavy atom. The lowest BCUT2D eigenvalue weighted by Crippen LogP contribution is -2.28. The number of aromatic nitrogens is 3. The van der Waals surface area contributed by atoms with Gasteiger partial charge in [-0.2, -0.15) is 13.2 Å². The number of nitrogens with zero attached hydrogens (tertiary/aromatic N) is 3. The number of rotatable bonds is 9. The summed E-state index contributed by atoms with van der Waals surface area (Å²) in [5.41, 5.74) is 3.44. The lowest BCUT2D eigenvalue weighted by atomic mass is 9.81. The first-order valence-electron chi connectivity index (χ1n) is 11.1. The molecule has 2 aromatic heterocycles. The monoisotopic (exact) mass is 480 g/mol. The molecule has 1 aliphatic rings. The zero-order chi connectivity index (χ0) is 25.4. The molecule has 2 aromatic rings. The number of carbonyl (C=O) groups excluding carboxylic acids is 1. The number of alkyl halides is 3. The van der Waals surface area contributed by atoms with Crippen LogP contribution < -0.4 is 5.32 Å². The van der Waals surface area contributed by atoms with Gasteiger partial charge in [0.15, 0.2) is 5.78 Å². The van der Waals surface area contributed by atoms with E-state index >= 15 is 0 Å². The smallest absolute Gasteiger partial charge is 0.363 e. The van der Waals surface area contributed by atoms with Crippen LogP contribution in [0.2, 0.25) is 0 Å². The van der Waals surface area contributed by atoms with Gasteiger partial charge in [0.2, 0.25) is 0 Å². The number of pyridine rings is 1. The molecule has 182 valence electrons. The molecule has 8 heteroatoms. The Balaban J connectivity index is 1.67. The second kappa shape index (κ2) is 11.6. The van der Waals surface area contributed by atoms with Crippen LogP contribution in [0.5, 0.6) is 0 Å². The molecule has 5 nitrogen and oxygen atoms in total. The minimum absolute atomic E-state index is 0.0402. The van der Waals surface area contributed by atoms with E-state index in [1.807, 2.05) is 13.8 Å². The van der Waals surface area contributed by atoms with Gasteiger partial charge in [-0.1, -0.05) is 48.1 Å². The molecule has 0 saturated carbocycles. The van der Waals surface area contributed by atoms with E-state index < -0.39 is 12.1 Å². The van der Waals surface area contributed by atoms with Crippen molar-refractivity contribution in [2.24, 2.45) is 5.92 Å². The molecule has 2 heterocycles. The van der Waals surface area contributed by atoms with Crippen LogP contribution in [-0.4, -0.2) is 33.5 Å².